The van der Waals surface area contributed by atoms with Crippen LogP contribution in [0.5, 0.6) is 5.75 Å². The molecule has 0 atom stereocenters. The molecule has 0 spiro atoms. The summed E-state index contributed by atoms with van der Waals surface area (Å²) < 4.78 is 6.39. The van der Waals surface area contributed by atoms with Gasteiger partial charge in [-0.15, -0.1) is 5.10 Å². The molecule has 1 aliphatic carbocycles. The summed E-state index contributed by atoms with van der Waals surface area (Å²) in [6.45, 7) is 5.92. The lowest BCUT2D eigenvalue weighted by Crippen LogP contribution is -2.42. The molecule has 0 saturated heterocycles. The number of rotatable bonds is 5. The minimum Gasteiger partial charge on any atom is -0.449 e. The number of aromatic nitrogens is 2. The highest BCUT2D eigenvalue weighted by Gasteiger charge is 2.34. The summed E-state index contributed by atoms with van der Waals surface area (Å²) in [6.07, 6.45) is 3.55. The van der Waals surface area contributed by atoms with Crippen LogP contribution in [0.1, 0.15) is 52.0 Å². The van der Waals surface area contributed by atoms with Crippen LogP contribution < -0.4 is 9.64 Å². The highest BCUT2D eigenvalue weighted by molar-refractivity contribution is 5.96. The Kier molecular flexibility index (Phi) is 6.40. The zero-order valence-corrected chi connectivity index (χ0v) is 17.4. The number of carbonyl (C=O) groups excluding carboxylic acids is 1. The molecule has 0 unspecified atom stereocenters. The number of nitrogens with zero attached hydrogens (tertiary/aromatic N) is 4. The summed E-state index contributed by atoms with van der Waals surface area (Å²) in [5.74, 6) is 0.574. The first-order valence-corrected chi connectivity index (χ1v) is 10.1. The predicted molar refractivity (Wildman–Crippen MR) is 111 cm³/mol. The molecular formula is C22H26N4O4. The Balaban J connectivity index is 2.01. The lowest BCUT2D eigenvalue weighted by Gasteiger charge is -2.32. The molecule has 3 rings (SSSR count). The van der Waals surface area contributed by atoms with E-state index in [1.54, 1.807) is 24.3 Å². The third kappa shape index (κ3) is 4.62. The van der Waals surface area contributed by atoms with Crippen LogP contribution in [-0.4, -0.2) is 33.0 Å². The lowest BCUT2D eigenvalue weighted by atomic mass is 9.82. The Bertz CT molecular complexity index is 968. The van der Waals surface area contributed by atoms with Gasteiger partial charge in [-0.1, -0.05) is 13.0 Å². The summed E-state index contributed by atoms with van der Waals surface area (Å²) in [7, 11) is 0. The van der Waals surface area contributed by atoms with Crippen LogP contribution in [-0.2, 0) is 4.79 Å². The van der Waals surface area contributed by atoms with Crippen molar-refractivity contribution in [1.82, 2.24) is 9.78 Å². The SMILES string of the molecule is CC1CCC(C(=O)N(c2nn(-c3cccc(C#N)c3)cc2OC(=O)O)C(C)C)CC1. The first kappa shape index (κ1) is 21.4. The summed E-state index contributed by atoms with van der Waals surface area (Å²) in [5.41, 5.74) is 1.01. The van der Waals surface area contributed by atoms with E-state index in [1.807, 2.05) is 13.8 Å². The third-order valence-electron chi connectivity index (χ3n) is 5.45. The zero-order chi connectivity index (χ0) is 21.8. The number of hydrogen-bond donors (Lipinski definition) is 1. The van der Waals surface area contributed by atoms with Gasteiger partial charge in [-0.25, -0.2) is 9.48 Å². The maximum Gasteiger partial charge on any atom is 0.511 e. The molecule has 30 heavy (non-hydrogen) atoms. The molecule has 1 amide bonds. The van der Waals surface area contributed by atoms with E-state index in [1.165, 1.54) is 15.8 Å². The first-order chi connectivity index (χ1) is 14.3. The van der Waals surface area contributed by atoms with Gasteiger partial charge in [-0.2, -0.15) is 5.26 Å². The van der Waals surface area contributed by atoms with Gasteiger partial charge in [0.2, 0.25) is 11.7 Å². The number of ether oxygens (including phenoxy) is 1. The molecule has 1 saturated carbocycles. The van der Waals surface area contributed by atoms with Crippen molar-refractivity contribution in [3.05, 3.63) is 36.0 Å². The van der Waals surface area contributed by atoms with E-state index in [9.17, 15) is 14.7 Å². The first-order valence-electron chi connectivity index (χ1n) is 10.1. The van der Waals surface area contributed by atoms with E-state index in [-0.39, 0.29) is 29.4 Å². The van der Waals surface area contributed by atoms with Crippen molar-refractivity contribution in [3.8, 4) is 17.5 Å². The minimum atomic E-state index is -1.48. The average molecular weight is 410 g/mol. The summed E-state index contributed by atoms with van der Waals surface area (Å²) in [5, 5.41) is 22.8. The van der Waals surface area contributed by atoms with E-state index in [2.05, 4.69) is 18.1 Å². The van der Waals surface area contributed by atoms with E-state index < -0.39 is 6.16 Å². The van der Waals surface area contributed by atoms with E-state index in [0.29, 0.717) is 17.2 Å². The van der Waals surface area contributed by atoms with Crippen LogP contribution in [0.25, 0.3) is 5.69 Å². The van der Waals surface area contributed by atoms with Gasteiger partial charge in [-0.3, -0.25) is 9.69 Å². The molecule has 0 aliphatic heterocycles. The molecule has 1 aromatic carbocycles. The highest BCUT2D eigenvalue weighted by Crippen LogP contribution is 2.35. The Morgan fingerprint density at radius 2 is 2.00 bits per heavy atom. The van der Waals surface area contributed by atoms with E-state index in [4.69, 9.17) is 10.00 Å². The average Bonchev–Trinajstić information content (AvgIpc) is 3.11. The molecule has 1 aliphatic rings. The number of carbonyl (C=O) groups is 2. The Morgan fingerprint density at radius 3 is 2.60 bits per heavy atom. The maximum atomic E-state index is 13.4. The predicted octanol–water partition coefficient (Wildman–Crippen LogP) is 4.37. The maximum absolute atomic E-state index is 13.4. The number of amides is 1. The van der Waals surface area contributed by atoms with Gasteiger partial charge < -0.3 is 9.84 Å². The number of carboxylic acid groups (broad SMARTS) is 1. The highest BCUT2D eigenvalue weighted by atomic mass is 16.7. The fourth-order valence-electron chi connectivity index (χ4n) is 3.84. The van der Waals surface area contributed by atoms with Gasteiger partial charge in [0.1, 0.15) is 0 Å². The second-order valence-corrected chi connectivity index (χ2v) is 8.05. The molecule has 158 valence electrons. The fraction of sp³-hybridized carbons (Fsp3) is 0.455. The molecular weight excluding hydrogens is 384 g/mol. The lowest BCUT2D eigenvalue weighted by molar-refractivity contribution is -0.124. The van der Waals surface area contributed by atoms with Gasteiger partial charge in [0.15, 0.2) is 5.75 Å². The molecule has 0 radical (unpaired) electrons. The number of hydrogen-bond acceptors (Lipinski definition) is 5. The van der Waals surface area contributed by atoms with Crippen LogP contribution in [0.2, 0.25) is 0 Å². The Hall–Kier alpha value is -3.34. The second-order valence-electron chi connectivity index (χ2n) is 8.05. The van der Waals surface area contributed by atoms with Crippen molar-refractivity contribution < 1.29 is 19.4 Å². The minimum absolute atomic E-state index is 0.0175. The van der Waals surface area contributed by atoms with Crippen molar-refractivity contribution >= 4 is 17.9 Å². The summed E-state index contributed by atoms with van der Waals surface area (Å²) in [6, 6.07) is 8.58. The van der Waals surface area contributed by atoms with Gasteiger partial charge in [0.25, 0.3) is 0 Å². The summed E-state index contributed by atoms with van der Waals surface area (Å²) >= 11 is 0. The molecule has 0 bridgehead atoms. The van der Waals surface area contributed by atoms with Crippen LogP contribution >= 0.6 is 0 Å². The van der Waals surface area contributed by atoms with Crippen molar-refractivity contribution in [3.63, 3.8) is 0 Å². The zero-order valence-electron chi connectivity index (χ0n) is 17.4. The fourth-order valence-corrected chi connectivity index (χ4v) is 3.84. The molecule has 8 nitrogen and oxygen atoms in total. The Morgan fingerprint density at radius 1 is 1.30 bits per heavy atom. The number of nitriles is 1. The number of benzene rings is 1. The van der Waals surface area contributed by atoms with Gasteiger partial charge >= 0.3 is 6.16 Å². The van der Waals surface area contributed by atoms with Crippen LogP contribution in [0.4, 0.5) is 10.6 Å². The summed E-state index contributed by atoms with van der Waals surface area (Å²) in [4.78, 5) is 26.2. The Labute approximate surface area is 175 Å². The van der Waals surface area contributed by atoms with Crippen molar-refractivity contribution in [2.75, 3.05) is 4.90 Å². The second kappa shape index (κ2) is 8.99. The normalized spacial score (nSPS) is 18.6. The third-order valence-corrected chi connectivity index (χ3v) is 5.45. The monoisotopic (exact) mass is 410 g/mol. The molecule has 8 heteroatoms. The van der Waals surface area contributed by atoms with Crippen molar-refractivity contribution in [2.45, 2.75) is 52.5 Å². The molecule has 1 N–H and O–H groups in total. The standard InChI is InChI=1S/C22H26N4O4/c1-14(2)26(21(27)17-9-7-15(3)8-10-17)20-19(30-22(28)29)13-25(24-20)18-6-4-5-16(11-18)12-23/h4-6,11,13-15,17H,7-10H2,1-3H3,(H,28,29). The number of anilines is 1. The topological polar surface area (TPSA) is 108 Å². The quantitative estimate of drug-likeness (QED) is 0.733. The molecule has 1 fully saturated rings. The smallest absolute Gasteiger partial charge is 0.449 e. The largest absolute Gasteiger partial charge is 0.511 e. The molecule has 1 aromatic heterocycles. The van der Waals surface area contributed by atoms with Crippen LogP contribution in [0, 0.1) is 23.2 Å². The van der Waals surface area contributed by atoms with Crippen molar-refractivity contribution in [2.24, 2.45) is 11.8 Å². The van der Waals surface area contributed by atoms with Crippen LogP contribution in [0.3, 0.4) is 0 Å². The van der Waals surface area contributed by atoms with E-state index in [0.717, 1.165) is 25.7 Å². The van der Waals surface area contributed by atoms with Crippen LogP contribution in [0.15, 0.2) is 30.5 Å². The van der Waals surface area contributed by atoms with E-state index >= 15 is 0 Å². The van der Waals surface area contributed by atoms with Crippen molar-refractivity contribution in [1.29, 1.82) is 5.26 Å². The van der Waals surface area contributed by atoms with Gasteiger partial charge in [0, 0.05) is 12.0 Å². The van der Waals surface area contributed by atoms with Gasteiger partial charge in [-0.05, 0) is 63.6 Å². The molecule has 1 heterocycles. The van der Waals surface area contributed by atoms with Gasteiger partial charge in [0.05, 0.1) is 23.5 Å². The molecule has 2 aromatic rings.